The summed E-state index contributed by atoms with van der Waals surface area (Å²) < 4.78 is 13.1. The topological polar surface area (TPSA) is 60.3 Å². The Morgan fingerprint density at radius 2 is 1.78 bits per heavy atom. The van der Waals surface area contributed by atoms with Gasteiger partial charge in [-0.3, -0.25) is 4.68 Å². The Morgan fingerprint density at radius 1 is 1.06 bits per heavy atom. The van der Waals surface area contributed by atoms with Gasteiger partial charge in [-0.2, -0.15) is 5.10 Å². The van der Waals surface area contributed by atoms with Gasteiger partial charge in [-0.1, -0.05) is 35.3 Å². The summed E-state index contributed by atoms with van der Waals surface area (Å²) in [6.45, 7) is 6.25. The zero-order valence-electron chi connectivity index (χ0n) is 18.0. The third kappa shape index (κ3) is 6.76. The Bertz CT molecular complexity index is 1040. The molecular formula is C23H26Cl2N4O2S. The van der Waals surface area contributed by atoms with Gasteiger partial charge in [0.15, 0.2) is 16.6 Å². The highest BCUT2D eigenvalue weighted by Gasteiger charge is 2.09. The molecule has 1 aromatic heterocycles. The largest absolute Gasteiger partial charge is 0.490 e. The van der Waals surface area contributed by atoms with Crippen molar-refractivity contribution in [1.82, 2.24) is 15.1 Å². The molecule has 3 rings (SSSR count). The number of hydrogen-bond donors (Lipinski definition) is 2. The van der Waals surface area contributed by atoms with Gasteiger partial charge in [-0.05, 0) is 62.3 Å². The van der Waals surface area contributed by atoms with Crippen LogP contribution in [0.25, 0.3) is 0 Å². The minimum absolute atomic E-state index is 0.473. The third-order valence-electron chi connectivity index (χ3n) is 4.58. The molecule has 0 saturated carbocycles. The first-order chi connectivity index (χ1) is 15.5. The first kappa shape index (κ1) is 24.2. The maximum absolute atomic E-state index is 6.24. The average Bonchev–Trinajstić information content (AvgIpc) is 3.20. The van der Waals surface area contributed by atoms with Gasteiger partial charge < -0.3 is 20.1 Å². The van der Waals surface area contributed by atoms with Crippen LogP contribution in [0.1, 0.15) is 25.0 Å². The average molecular weight is 493 g/mol. The maximum atomic E-state index is 6.24. The highest BCUT2D eigenvalue weighted by molar-refractivity contribution is 7.80. The van der Waals surface area contributed by atoms with Crippen molar-refractivity contribution in [2.75, 3.05) is 25.1 Å². The molecule has 0 aliphatic heterocycles. The van der Waals surface area contributed by atoms with E-state index in [0.29, 0.717) is 41.5 Å². The second-order valence-corrected chi connectivity index (χ2v) is 8.13. The normalized spacial score (nSPS) is 10.6. The molecule has 1 heterocycles. The van der Waals surface area contributed by atoms with Crippen molar-refractivity contribution >= 4 is 46.2 Å². The Labute approximate surface area is 203 Å². The number of benzene rings is 2. The van der Waals surface area contributed by atoms with E-state index in [4.69, 9.17) is 44.9 Å². The lowest BCUT2D eigenvalue weighted by molar-refractivity contribution is 0.287. The van der Waals surface area contributed by atoms with Crippen molar-refractivity contribution in [3.05, 3.63) is 70.0 Å². The first-order valence-corrected chi connectivity index (χ1v) is 11.5. The van der Waals surface area contributed by atoms with Crippen molar-refractivity contribution in [1.29, 1.82) is 0 Å². The van der Waals surface area contributed by atoms with Crippen LogP contribution in [-0.4, -0.2) is 34.7 Å². The first-order valence-electron chi connectivity index (χ1n) is 10.4. The van der Waals surface area contributed by atoms with Crippen LogP contribution in [0.15, 0.2) is 48.8 Å². The molecule has 9 heteroatoms. The summed E-state index contributed by atoms with van der Waals surface area (Å²) >= 11 is 17.9. The third-order valence-corrected chi connectivity index (χ3v) is 5.53. The summed E-state index contributed by atoms with van der Waals surface area (Å²) in [6, 6.07) is 11.4. The second kappa shape index (κ2) is 11.9. The van der Waals surface area contributed by atoms with Gasteiger partial charge in [0.2, 0.25) is 0 Å². The number of aromatic nitrogens is 2. The van der Waals surface area contributed by atoms with E-state index in [2.05, 4.69) is 15.7 Å². The number of nitrogens with one attached hydrogen (secondary N) is 2. The van der Waals surface area contributed by atoms with Crippen molar-refractivity contribution < 1.29 is 9.47 Å². The van der Waals surface area contributed by atoms with Crippen LogP contribution >= 0.6 is 35.4 Å². The fraction of sp³-hybridized carbons (Fsp3) is 0.304. The minimum Gasteiger partial charge on any atom is -0.490 e. The lowest BCUT2D eigenvalue weighted by Crippen LogP contribution is -2.30. The van der Waals surface area contributed by atoms with Crippen molar-refractivity contribution in [3.63, 3.8) is 0 Å². The molecule has 0 saturated heterocycles. The molecule has 170 valence electrons. The Hall–Kier alpha value is -2.48. The van der Waals surface area contributed by atoms with Gasteiger partial charge in [-0.25, -0.2) is 0 Å². The zero-order valence-corrected chi connectivity index (χ0v) is 20.4. The zero-order chi connectivity index (χ0) is 22.9. The standard InChI is InChI=1S/C23H26Cl2N4O2S/c1-3-30-21-9-8-16(12-22(21)31-4-2)10-11-26-23(32)28-17-13-27-29(14-17)15-18-19(24)6-5-7-20(18)25/h5-9,12-14H,3-4,10-11,15H2,1-2H3,(H2,26,28,32). The summed E-state index contributed by atoms with van der Waals surface area (Å²) in [7, 11) is 0. The number of ether oxygens (including phenoxy) is 2. The molecule has 0 aliphatic rings. The summed E-state index contributed by atoms with van der Waals surface area (Å²) in [4.78, 5) is 0. The molecule has 2 aromatic carbocycles. The summed E-state index contributed by atoms with van der Waals surface area (Å²) in [5, 5.41) is 12.5. The highest BCUT2D eigenvalue weighted by Crippen LogP contribution is 2.28. The molecular weight excluding hydrogens is 467 g/mol. The van der Waals surface area contributed by atoms with Crippen LogP contribution in [0.4, 0.5) is 5.69 Å². The Balaban J connectivity index is 1.50. The van der Waals surface area contributed by atoms with Gasteiger partial charge in [0, 0.05) is 28.4 Å². The number of halogens is 2. The number of thiocarbonyl (C=S) groups is 1. The summed E-state index contributed by atoms with van der Waals surface area (Å²) in [5.41, 5.74) is 2.75. The Kier molecular flexibility index (Phi) is 9.02. The second-order valence-electron chi connectivity index (χ2n) is 6.90. The van der Waals surface area contributed by atoms with E-state index in [1.807, 2.05) is 56.4 Å². The van der Waals surface area contributed by atoms with E-state index in [1.165, 1.54) is 0 Å². The predicted molar refractivity (Wildman–Crippen MR) is 134 cm³/mol. The molecule has 0 unspecified atom stereocenters. The van der Waals surface area contributed by atoms with Crippen LogP contribution in [-0.2, 0) is 13.0 Å². The van der Waals surface area contributed by atoms with Gasteiger partial charge in [-0.15, -0.1) is 0 Å². The quantitative estimate of drug-likeness (QED) is 0.361. The maximum Gasteiger partial charge on any atom is 0.170 e. The van der Waals surface area contributed by atoms with Gasteiger partial charge in [0.05, 0.1) is 31.6 Å². The van der Waals surface area contributed by atoms with Gasteiger partial charge in [0.1, 0.15) is 0 Å². The molecule has 6 nitrogen and oxygen atoms in total. The minimum atomic E-state index is 0.473. The van der Waals surface area contributed by atoms with E-state index >= 15 is 0 Å². The number of hydrogen-bond acceptors (Lipinski definition) is 4. The van der Waals surface area contributed by atoms with Crippen LogP contribution in [0.5, 0.6) is 11.5 Å². The van der Waals surface area contributed by atoms with Crippen LogP contribution in [0, 0.1) is 0 Å². The lowest BCUT2D eigenvalue weighted by atomic mass is 10.1. The van der Waals surface area contributed by atoms with E-state index in [9.17, 15) is 0 Å². The van der Waals surface area contributed by atoms with Gasteiger partial charge >= 0.3 is 0 Å². The molecule has 0 fully saturated rings. The molecule has 0 bridgehead atoms. The summed E-state index contributed by atoms with van der Waals surface area (Å²) in [6.07, 6.45) is 4.35. The van der Waals surface area contributed by atoms with Crippen molar-refractivity contribution in [2.24, 2.45) is 0 Å². The summed E-state index contributed by atoms with van der Waals surface area (Å²) in [5.74, 6) is 1.52. The monoisotopic (exact) mass is 492 g/mol. The number of nitrogens with zero attached hydrogens (tertiary/aromatic N) is 2. The van der Waals surface area contributed by atoms with Crippen LogP contribution in [0.3, 0.4) is 0 Å². The van der Waals surface area contributed by atoms with Crippen molar-refractivity contribution in [3.8, 4) is 11.5 Å². The van der Waals surface area contributed by atoms with Gasteiger partial charge in [0.25, 0.3) is 0 Å². The SMILES string of the molecule is CCOc1ccc(CCNC(=S)Nc2cnn(Cc3c(Cl)cccc3Cl)c2)cc1OCC. The molecule has 0 atom stereocenters. The van der Waals surface area contributed by atoms with E-state index < -0.39 is 0 Å². The fourth-order valence-electron chi connectivity index (χ4n) is 3.11. The van der Waals surface area contributed by atoms with Crippen molar-refractivity contribution in [2.45, 2.75) is 26.8 Å². The molecule has 32 heavy (non-hydrogen) atoms. The predicted octanol–water partition coefficient (Wildman–Crippen LogP) is 5.56. The van der Waals surface area contributed by atoms with Crippen LogP contribution < -0.4 is 20.1 Å². The smallest absolute Gasteiger partial charge is 0.170 e. The van der Waals surface area contributed by atoms with Crippen LogP contribution in [0.2, 0.25) is 10.0 Å². The Morgan fingerprint density at radius 3 is 2.50 bits per heavy atom. The van der Waals surface area contributed by atoms with E-state index in [1.54, 1.807) is 10.9 Å². The molecule has 3 aromatic rings. The fourth-order valence-corrected chi connectivity index (χ4v) is 3.84. The molecule has 0 aliphatic carbocycles. The number of anilines is 1. The molecule has 2 N–H and O–H groups in total. The molecule has 0 amide bonds. The number of rotatable bonds is 10. The molecule has 0 spiro atoms. The van der Waals surface area contributed by atoms with E-state index in [-0.39, 0.29) is 0 Å². The molecule has 0 radical (unpaired) electrons. The van der Waals surface area contributed by atoms with E-state index in [0.717, 1.165) is 34.7 Å². The lowest BCUT2D eigenvalue weighted by Gasteiger charge is -2.13. The highest BCUT2D eigenvalue weighted by atomic mass is 35.5.